The zero-order chi connectivity index (χ0) is 18.9. The van der Waals surface area contributed by atoms with Crippen LogP contribution in [0, 0.1) is 0 Å². The Balaban J connectivity index is 1.69. The zero-order valence-electron chi connectivity index (χ0n) is 14.2. The second-order valence-corrected chi connectivity index (χ2v) is 5.48. The zero-order valence-corrected chi connectivity index (χ0v) is 14.2. The second-order valence-electron chi connectivity index (χ2n) is 5.48. The molecular weight excluding hydrogens is 344 g/mol. The average Bonchev–Trinajstić information content (AvgIpc) is 2.61. The maximum atomic E-state index is 12.1. The monoisotopic (exact) mass is 363 g/mol. The van der Waals surface area contributed by atoms with Gasteiger partial charge in [-0.3, -0.25) is 9.59 Å². The van der Waals surface area contributed by atoms with E-state index in [1.165, 1.54) is 19.1 Å². The number of hydrogen-bond donors (Lipinski definition) is 1. The van der Waals surface area contributed by atoms with E-state index in [1.807, 2.05) is 0 Å². The van der Waals surface area contributed by atoms with Crippen LogP contribution in [0.25, 0.3) is 0 Å². The standard InChI is InChI=1S/C19H19F2NO4/c1-13(23)15-4-8-16(9-5-15)25-11-10-18(24)22-12-14-2-6-17(7-3-14)26-19(20)21/h2-9,19H,10-12H2,1H3,(H,22,24). The number of benzene rings is 2. The third-order valence-corrected chi connectivity index (χ3v) is 3.50. The molecule has 0 fully saturated rings. The highest BCUT2D eigenvalue weighted by Gasteiger charge is 2.06. The highest BCUT2D eigenvalue weighted by molar-refractivity contribution is 5.94. The van der Waals surface area contributed by atoms with Gasteiger partial charge in [0.05, 0.1) is 13.0 Å². The number of hydrogen-bond acceptors (Lipinski definition) is 4. The Morgan fingerprint density at radius 1 is 1.00 bits per heavy atom. The van der Waals surface area contributed by atoms with Crippen LogP contribution in [-0.2, 0) is 11.3 Å². The van der Waals surface area contributed by atoms with Gasteiger partial charge in [0.25, 0.3) is 0 Å². The van der Waals surface area contributed by atoms with Crippen LogP contribution in [-0.4, -0.2) is 24.9 Å². The highest BCUT2D eigenvalue weighted by Crippen LogP contribution is 2.15. The maximum absolute atomic E-state index is 12.1. The van der Waals surface area contributed by atoms with Crippen molar-refractivity contribution in [1.29, 1.82) is 0 Å². The first-order valence-electron chi connectivity index (χ1n) is 7.98. The molecule has 0 aliphatic carbocycles. The van der Waals surface area contributed by atoms with Crippen LogP contribution in [0.15, 0.2) is 48.5 Å². The van der Waals surface area contributed by atoms with Gasteiger partial charge in [0, 0.05) is 12.1 Å². The van der Waals surface area contributed by atoms with Gasteiger partial charge in [-0.1, -0.05) is 12.1 Å². The van der Waals surface area contributed by atoms with Crippen LogP contribution in [0.2, 0.25) is 0 Å². The summed E-state index contributed by atoms with van der Waals surface area (Å²) in [5, 5.41) is 2.72. The predicted molar refractivity (Wildman–Crippen MR) is 91.5 cm³/mol. The van der Waals surface area contributed by atoms with Crippen molar-refractivity contribution in [3.05, 3.63) is 59.7 Å². The van der Waals surface area contributed by atoms with E-state index in [-0.39, 0.29) is 37.0 Å². The third kappa shape index (κ3) is 6.51. The summed E-state index contributed by atoms with van der Waals surface area (Å²) in [4.78, 5) is 23.0. The molecule has 0 spiro atoms. The Kier molecular flexibility index (Phi) is 7.08. The molecule has 0 bridgehead atoms. The van der Waals surface area contributed by atoms with Crippen molar-refractivity contribution in [1.82, 2.24) is 5.32 Å². The molecule has 1 amide bonds. The van der Waals surface area contributed by atoms with Crippen LogP contribution < -0.4 is 14.8 Å². The Morgan fingerprint density at radius 2 is 1.62 bits per heavy atom. The van der Waals surface area contributed by atoms with Gasteiger partial charge < -0.3 is 14.8 Å². The lowest BCUT2D eigenvalue weighted by atomic mass is 10.1. The number of nitrogens with one attached hydrogen (secondary N) is 1. The van der Waals surface area contributed by atoms with E-state index in [9.17, 15) is 18.4 Å². The molecule has 138 valence electrons. The molecule has 0 saturated carbocycles. The minimum Gasteiger partial charge on any atom is -0.493 e. The van der Waals surface area contributed by atoms with Gasteiger partial charge in [0.15, 0.2) is 5.78 Å². The van der Waals surface area contributed by atoms with Gasteiger partial charge in [0.2, 0.25) is 5.91 Å². The van der Waals surface area contributed by atoms with E-state index in [0.29, 0.717) is 11.3 Å². The number of ether oxygens (including phenoxy) is 2. The summed E-state index contributed by atoms with van der Waals surface area (Å²) in [6.45, 7) is -0.896. The van der Waals surface area contributed by atoms with Crippen LogP contribution >= 0.6 is 0 Å². The first-order chi connectivity index (χ1) is 12.4. The summed E-state index contributed by atoms with van der Waals surface area (Å²) in [6.07, 6.45) is 0.168. The highest BCUT2D eigenvalue weighted by atomic mass is 19.3. The quantitative estimate of drug-likeness (QED) is 0.692. The number of rotatable bonds is 9. The van der Waals surface area contributed by atoms with Gasteiger partial charge >= 0.3 is 6.61 Å². The van der Waals surface area contributed by atoms with Crippen molar-refractivity contribution in [3.63, 3.8) is 0 Å². The molecule has 0 radical (unpaired) electrons. The summed E-state index contributed by atoms with van der Waals surface area (Å²) >= 11 is 0. The van der Waals surface area contributed by atoms with Crippen molar-refractivity contribution in [2.45, 2.75) is 26.5 Å². The van der Waals surface area contributed by atoms with Gasteiger partial charge in [-0.15, -0.1) is 0 Å². The third-order valence-electron chi connectivity index (χ3n) is 3.50. The molecule has 5 nitrogen and oxygen atoms in total. The molecule has 0 aliphatic heterocycles. The minimum absolute atomic E-state index is 0.0234. The maximum Gasteiger partial charge on any atom is 0.387 e. The normalized spacial score (nSPS) is 10.5. The Labute approximate surface area is 149 Å². The van der Waals surface area contributed by atoms with Crippen molar-refractivity contribution in [3.8, 4) is 11.5 Å². The molecule has 2 aromatic rings. The van der Waals surface area contributed by atoms with E-state index in [0.717, 1.165) is 5.56 Å². The van der Waals surface area contributed by atoms with Gasteiger partial charge in [-0.25, -0.2) is 0 Å². The summed E-state index contributed by atoms with van der Waals surface area (Å²) in [5.41, 5.74) is 1.36. The predicted octanol–water partition coefficient (Wildman–Crippen LogP) is 3.58. The molecule has 7 heteroatoms. The lowest BCUT2D eigenvalue weighted by Gasteiger charge is -2.09. The fraction of sp³-hybridized carbons (Fsp3) is 0.263. The van der Waals surface area contributed by atoms with E-state index >= 15 is 0 Å². The molecule has 0 aliphatic rings. The first kappa shape index (κ1) is 19.4. The van der Waals surface area contributed by atoms with Crippen molar-refractivity contribution in [2.24, 2.45) is 0 Å². The summed E-state index contributed by atoms with van der Waals surface area (Å²) in [5.74, 6) is 0.430. The minimum atomic E-state index is -2.86. The largest absolute Gasteiger partial charge is 0.493 e. The Bertz CT molecular complexity index is 730. The van der Waals surface area contributed by atoms with Crippen molar-refractivity contribution >= 4 is 11.7 Å². The fourth-order valence-electron chi connectivity index (χ4n) is 2.13. The number of Topliss-reactive ketones (excluding diaryl/α,β-unsaturated/α-hetero) is 1. The number of halogens is 2. The van der Waals surface area contributed by atoms with Gasteiger partial charge in [-0.2, -0.15) is 8.78 Å². The molecule has 0 heterocycles. The average molecular weight is 363 g/mol. The number of alkyl halides is 2. The summed E-state index contributed by atoms with van der Waals surface area (Å²) in [7, 11) is 0. The molecule has 0 aromatic heterocycles. The molecule has 2 aromatic carbocycles. The Morgan fingerprint density at radius 3 is 2.19 bits per heavy atom. The number of amides is 1. The van der Waals surface area contributed by atoms with Crippen molar-refractivity contribution < 1.29 is 27.8 Å². The second kappa shape index (κ2) is 9.50. The van der Waals surface area contributed by atoms with Crippen LogP contribution in [0.4, 0.5) is 8.78 Å². The molecule has 0 unspecified atom stereocenters. The van der Waals surface area contributed by atoms with Gasteiger partial charge in [0.1, 0.15) is 11.5 Å². The fourth-order valence-corrected chi connectivity index (χ4v) is 2.13. The molecule has 0 atom stereocenters. The smallest absolute Gasteiger partial charge is 0.387 e. The van der Waals surface area contributed by atoms with Gasteiger partial charge in [-0.05, 0) is 48.9 Å². The van der Waals surface area contributed by atoms with E-state index in [4.69, 9.17) is 4.74 Å². The summed E-state index contributed by atoms with van der Waals surface area (Å²) < 4.78 is 33.8. The number of ketones is 1. The van der Waals surface area contributed by atoms with E-state index < -0.39 is 6.61 Å². The van der Waals surface area contributed by atoms with E-state index in [1.54, 1.807) is 36.4 Å². The SMILES string of the molecule is CC(=O)c1ccc(OCCC(=O)NCc2ccc(OC(F)F)cc2)cc1. The molecule has 0 saturated heterocycles. The first-order valence-corrected chi connectivity index (χ1v) is 7.98. The molecule has 1 N–H and O–H groups in total. The van der Waals surface area contributed by atoms with E-state index in [2.05, 4.69) is 10.1 Å². The topological polar surface area (TPSA) is 64.6 Å². The lowest BCUT2D eigenvalue weighted by Crippen LogP contribution is -2.24. The molecular formula is C19H19F2NO4. The molecule has 26 heavy (non-hydrogen) atoms. The Hall–Kier alpha value is -2.96. The van der Waals surface area contributed by atoms with Crippen LogP contribution in [0.1, 0.15) is 29.3 Å². The molecule has 2 rings (SSSR count). The number of carbonyl (C=O) groups is 2. The van der Waals surface area contributed by atoms with Crippen LogP contribution in [0.5, 0.6) is 11.5 Å². The van der Waals surface area contributed by atoms with Crippen LogP contribution in [0.3, 0.4) is 0 Å². The number of carbonyl (C=O) groups excluding carboxylic acids is 2. The lowest BCUT2D eigenvalue weighted by molar-refractivity contribution is -0.121. The van der Waals surface area contributed by atoms with Crippen molar-refractivity contribution in [2.75, 3.05) is 6.61 Å². The summed E-state index contributed by atoms with van der Waals surface area (Å²) in [6, 6.07) is 12.7.